The van der Waals surface area contributed by atoms with Crippen LogP contribution in [0.1, 0.15) is 26.2 Å². The second-order valence-corrected chi connectivity index (χ2v) is 4.26. The van der Waals surface area contributed by atoms with Gasteiger partial charge in [-0.3, -0.25) is 9.48 Å². The summed E-state index contributed by atoms with van der Waals surface area (Å²) < 4.78 is 7.21. The van der Waals surface area contributed by atoms with E-state index in [1.165, 1.54) is 6.42 Å². The summed E-state index contributed by atoms with van der Waals surface area (Å²) in [5.74, 6) is 0.742. The second-order valence-electron chi connectivity index (χ2n) is 4.26. The van der Waals surface area contributed by atoms with Crippen molar-refractivity contribution < 1.29 is 9.53 Å². The Balaban J connectivity index is 1.78. The van der Waals surface area contributed by atoms with E-state index in [2.05, 4.69) is 5.10 Å². The fourth-order valence-electron chi connectivity index (χ4n) is 1.97. The highest BCUT2D eigenvalue weighted by molar-refractivity contribution is 5.77. The summed E-state index contributed by atoms with van der Waals surface area (Å²) in [6.07, 6.45) is 6.91. The Hall–Kier alpha value is -1.52. The first-order chi connectivity index (χ1) is 8.29. The summed E-state index contributed by atoms with van der Waals surface area (Å²) >= 11 is 0. The fourth-order valence-corrected chi connectivity index (χ4v) is 1.97. The SMILES string of the molecule is CCn1cc(OCC(=O)N2CCCCC2)cn1. The van der Waals surface area contributed by atoms with Gasteiger partial charge < -0.3 is 9.64 Å². The molecule has 0 aromatic carbocycles. The first-order valence-corrected chi connectivity index (χ1v) is 6.22. The number of amides is 1. The average Bonchev–Trinajstić information content (AvgIpc) is 2.85. The molecule has 17 heavy (non-hydrogen) atoms. The van der Waals surface area contributed by atoms with Crippen molar-refractivity contribution in [1.29, 1.82) is 0 Å². The van der Waals surface area contributed by atoms with Gasteiger partial charge in [0.25, 0.3) is 5.91 Å². The quantitative estimate of drug-likeness (QED) is 0.793. The summed E-state index contributed by atoms with van der Waals surface area (Å²) in [6, 6.07) is 0. The number of nitrogens with zero attached hydrogens (tertiary/aromatic N) is 3. The molecule has 1 aliphatic heterocycles. The summed E-state index contributed by atoms with van der Waals surface area (Å²) in [7, 11) is 0. The number of carbonyl (C=O) groups is 1. The van der Waals surface area contributed by atoms with Gasteiger partial charge >= 0.3 is 0 Å². The number of rotatable bonds is 4. The maximum atomic E-state index is 11.8. The molecule has 5 nitrogen and oxygen atoms in total. The van der Waals surface area contributed by atoms with E-state index < -0.39 is 0 Å². The van der Waals surface area contributed by atoms with E-state index in [9.17, 15) is 4.79 Å². The number of ether oxygens (including phenoxy) is 1. The predicted octanol–water partition coefficient (Wildman–Crippen LogP) is 1.29. The molecule has 0 atom stereocenters. The van der Waals surface area contributed by atoms with Gasteiger partial charge in [0.05, 0.1) is 12.4 Å². The minimum absolute atomic E-state index is 0.0777. The van der Waals surface area contributed by atoms with Crippen molar-refractivity contribution in [2.24, 2.45) is 0 Å². The molecule has 0 bridgehead atoms. The van der Waals surface area contributed by atoms with Gasteiger partial charge in [0, 0.05) is 19.6 Å². The van der Waals surface area contributed by atoms with Crippen molar-refractivity contribution in [3.8, 4) is 5.75 Å². The average molecular weight is 237 g/mol. The van der Waals surface area contributed by atoms with Gasteiger partial charge in [-0.25, -0.2) is 0 Å². The normalized spacial score (nSPS) is 15.9. The van der Waals surface area contributed by atoms with Crippen LogP contribution >= 0.6 is 0 Å². The van der Waals surface area contributed by atoms with Crippen molar-refractivity contribution in [3.05, 3.63) is 12.4 Å². The fraction of sp³-hybridized carbons (Fsp3) is 0.667. The summed E-state index contributed by atoms with van der Waals surface area (Å²) in [5, 5.41) is 4.09. The number of hydrogen-bond acceptors (Lipinski definition) is 3. The molecule has 1 fully saturated rings. The van der Waals surface area contributed by atoms with E-state index in [4.69, 9.17) is 4.74 Å². The van der Waals surface area contributed by atoms with E-state index in [0.717, 1.165) is 32.5 Å². The number of aryl methyl sites for hydroxylation is 1. The zero-order valence-electron chi connectivity index (χ0n) is 10.3. The predicted molar refractivity (Wildman–Crippen MR) is 63.8 cm³/mol. The Labute approximate surface area is 101 Å². The summed E-state index contributed by atoms with van der Waals surface area (Å²) in [5.41, 5.74) is 0. The number of hydrogen-bond donors (Lipinski definition) is 0. The lowest BCUT2D eigenvalue weighted by molar-refractivity contribution is -0.134. The smallest absolute Gasteiger partial charge is 0.260 e. The lowest BCUT2D eigenvalue weighted by atomic mass is 10.1. The van der Waals surface area contributed by atoms with Crippen LogP contribution in [0.25, 0.3) is 0 Å². The molecule has 1 aliphatic rings. The van der Waals surface area contributed by atoms with Crippen LogP contribution in [0.15, 0.2) is 12.4 Å². The van der Waals surface area contributed by atoms with Gasteiger partial charge in [-0.05, 0) is 26.2 Å². The Kier molecular flexibility index (Phi) is 4.01. The monoisotopic (exact) mass is 237 g/mol. The van der Waals surface area contributed by atoms with Crippen LogP contribution in [0.3, 0.4) is 0 Å². The molecular weight excluding hydrogens is 218 g/mol. The molecular formula is C12H19N3O2. The lowest BCUT2D eigenvalue weighted by Gasteiger charge is -2.26. The molecule has 0 unspecified atom stereocenters. The Morgan fingerprint density at radius 1 is 1.41 bits per heavy atom. The Morgan fingerprint density at radius 3 is 2.82 bits per heavy atom. The lowest BCUT2D eigenvalue weighted by Crippen LogP contribution is -2.38. The number of carbonyl (C=O) groups excluding carboxylic acids is 1. The molecule has 1 amide bonds. The minimum Gasteiger partial charge on any atom is -0.480 e. The molecule has 1 aromatic rings. The van der Waals surface area contributed by atoms with E-state index in [0.29, 0.717) is 5.75 Å². The molecule has 2 rings (SSSR count). The highest BCUT2D eigenvalue weighted by atomic mass is 16.5. The molecule has 94 valence electrons. The van der Waals surface area contributed by atoms with Crippen molar-refractivity contribution in [2.75, 3.05) is 19.7 Å². The topological polar surface area (TPSA) is 47.4 Å². The minimum atomic E-state index is 0.0777. The van der Waals surface area contributed by atoms with Crippen LogP contribution in [-0.2, 0) is 11.3 Å². The maximum Gasteiger partial charge on any atom is 0.260 e. The largest absolute Gasteiger partial charge is 0.480 e. The van der Waals surface area contributed by atoms with Crippen molar-refractivity contribution >= 4 is 5.91 Å². The molecule has 0 radical (unpaired) electrons. The van der Waals surface area contributed by atoms with Crippen LogP contribution in [0.5, 0.6) is 5.75 Å². The van der Waals surface area contributed by atoms with Crippen molar-refractivity contribution in [1.82, 2.24) is 14.7 Å². The van der Waals surface area contributed by atoms with Crippen LogP contribution in [-0.4, -0.2) is 40.3 Å². The van der Waals surface area contributed by atoms with Crippen molar-refractivity contribution in [3.63, 3.8) is 0 Å². The van der Waals surface area contributed by atoms with Crippen LogP contribution in [0.4, 0.5) is 0 Å². The third-order valence-electron chi connectivity index (χ3n) is 3.00. The van der Waals surface area contributed by atoms with Gasteiger partial charge in [0.1, 0.15) is 0 Å². The molecule has 5 heteroatoms. The summed E-state index contributed by atoms with van der Waals surface area (Å²) in [4.78, 5) is 13.7. The van der Waals surface area contributed by atoms with Gasteiger partial charge in [-0.2, -0.15) is 5.10 Å². The molecule has 0 spiro atoms. The highest BCUT2D eigenvalue weighted by Crippen LogP contribution is 2.11. The maximum absolute atomic E-state index is 11.8. The van der Waals surface area contributed by atoms with Crippen LogP contribution in [0.2, 0.25) is 0 Å². The third kappa shape index (κ3) is 3.22. The standard InChI is InChI=1S/C12H19N3O2/c1-2-15-9-11(8-13-15)17-10-12(16)14-6-4-3-5-7-14/h8-9H,2-7,10H2,1H3. The Bertz CT molecular complexity index is 370. The molecule has 0 N–H and O–H groups in total. The van der Waals surface area contributed by atoms with E-state index in [-0.39, 0.29) is 12.5 Å². The molecule has 0 aliphatic carbocycles. The molecule has 2 heterocycles. The van der Waals surface area contributed by atoms with Crippen LogP contribution in [0, 0.1) is 0 Å². The van der Waals surface area contributed by atoms with Crippen molar-refractivity contribution in [2.45, 2.75) is 32.7 Å². The summed E-state index contributed by atoms with van der Waals surface area (Å²) in [6.45, 7) is 4.68. The molecule has 1 saturated heterocycles. The van der Waals surface area contributed by atoms with Gasteiger partial charge in [-0.1, -0.05) is 0 Å². The molecule has 0 saturated carbocycles. The van der Waals surface area contributed by atoms with Gasteiger partial charge in [0.2, 0.25) is 0 Å². The first-order valence-electron chi connectivity index (χ1n) is 6.22. The van der Waals surface area contributed by atoms with Crippen LogP contribution < -0.4 is 4.74 Å². The molecule has 1 aromatic heterocycles. The van der Waals surface area contributed by atoms with E-state index >= 15 is 0 Å². The van der Waals surface area contributed by atoms with E-state index in [1.54, 1.807) is 10.9 Å². The third-order valence-corrected chi connectivity index (χ3v) is 3.00. The number of piperidine rings is 1. The van der Waals surface area contributed by atoms with Gasteiger partial charge in [-0.15, -0.1) is 0 Å². The van der Waals surface area contributed by atoms with E-state index in [1.807, 2.05) is 18.0 Å². The zero-order valence-corrected chi connectivity index (χ0v) is 10.3. The van der Waals surface area contributed by atoms with Gasteiger partial charge in [0.15, 0.2) is 12.4 Å². The number of likely N-dealkylation sites (tertiary alicyclic amines) is 1. The Morgan fingerprint density at radius 2 is 2.18 bits per heavy atom. The highest BCUT2D eigenvalue weighted by Gasteiger charge is 2.16. The zero-order chi connectivity index (χ0) is 12.1. The second kappa shape index (κ2) is 5.70. The number of aromatic nitrogens is 2. The first kappa shape index (κ1) is 12.0.